The molecule has 0 spiro atoms. The van der Waals surface area contributed by atoms with Gasteiger partial charge in [0.2, 0.25) is 5.95 Å². The second kappa shape index (κ2) is 7.21. The molecule has 7 nitrogen and oxygen atoms in total. The van der Waals surface area contributed by atoms with Crippen LogP contribution in [0, 0.1) is 0 Å². The fourth-order valence-electron chi connectivity index (χ4n) is 2.53. The summed E-state index contributed by atoms with van der Waals surface area (Å²) >= 11 is 0. The molecule has 2 rings (SSSR count). The molecule has 0 radical (unpaired) electrons. The van der Waals surface area contributed by atoms with Gasteiger partial charge >= 0.3 is 0 Å². The average Bonchev–Trinajstić information content (AvgIpc) is 2.99. The molecular weight excluding hydrogens is 268 g/mol. The van der Waals surface area contributed by atoms with Crippen LogP contribution in [0.3, 0.4) is 0 Å². The number of rotatable bonds is 8. The van der Waals surface area contributed by atoms with Crippen LogP contribution in [0.5, 0.6) is 0 Å². The van der Waals surface area contributed by atoms with Crippen LogP contribution in [0.25, 0.3) is 11.0 Å². The molecule has 0 atom stereocenters. The molecular formula is C14H24N6O. The first-order valence-electron chi connectivity index (χ1n) is 7.39. The fraction of sp³-hybridized carbons (Fsp3) is 0.643. The minimum Gasteiger partial charge on any atom is -0.383 e. The third-order valence-electron chi connectivity index (χ3n) is 3.70. The van der Waals surface area contributed by atoms with Crippen molar-refractivity contribution in [3.63, 3.8) is 0 Å². The largest absolute Gasteiger partial charge is 0.383 e. The summed E-state index contributed by atoms with van der Waals surface area (Å²) in [6, 6.07) is 0.415. The lowest BCUT2D eigenvalue weighted by molar-refractivity contribution is 0.202. The lowest BCUT2D eigenvalue weighted by Crippen LogP contribution is -2.38. The van der Waals surface area contributed by atoms with Gasteiger partial charge in [-0.05, 0) is 12.8 Å². The molecule has 0 fully saturated rings. The Bertz CT molecular complexity index is 566. The maximum absolute atomic E-state index is 5.26. The summed E-state index contributed by atoms with van der Waals surface area (Å²) in [5, 5.41) is 11.0. The van der Waals surface area contributed by atoms with E-state index in [-0.39, 0.29) is 0 Å². The van der Waals surface area contributed by atoms with Crippen LogP contribution in [0.15, 0.2) is 6.20 Å². The highest BCUT2D eigenvalue weighted by Gasteiger charge is 2.21. The molecule has 0 aliphatic heterocycles. The molecule has 0 saturated carbocycles. The van der Waals surface area contributed by atoms with Crippen molar-refractivity contribution in [3.8, 4) is 0 Å². The Balaban J connectivity index is 2.48. The van der Waals surface area contributed by atoms with Crippen molar-refractivity contribution < 1.29 is 4.74 Å². The smallest absolute Gasteiger partial charge is 0.226 e. The predicted molar refractivity (Wildman–Crippen MR) is 84.8 cm³/mol. The van der Waals surface area contributed by atoms with E-state index in [1.807, 2.05) is 7.05 Å². The molecule has 0 aliphatic carbocycles. The predicted octanol–water partition coefficient (Wildman–Crippen LogP) is 2.04. The van der Waals surface area contributed by atoms with E-state index in [0.717, 1.165) is 36.2 Å². The fourth-order valence-corrected chi connectivity index (χ4v) is 2.53. The number of methoxy groups -OCH3 is 1. The Labute approximate surface area is 125 Å². The van der Waals surface area contributed by atoms with Crippen molar-refractivity contribution >= 4 is 22.8 Å². The number of anilines is 2. The Kier molecular flexibility index (Phi) is 5.32. The van der Waals surface area contributed by atoms with E-state index in [1.54, 1.807) is 13.3 Å². The maximum Gasteiger partial charge on any atom is 0.226 e. The monoisotopic (exact) mass is 292 g/mol. The molecule has 2 aromatic heterocycles. The number of hydrogen-bond donors (Lipinski definition) is 2. The third kappa shape index (κ3) is 3.24. The summed E-state index contributed by atoms with van der Waals surface area (Å²) in [6.07, 6.45) is 3.89. The van der Waals surface area contributed by atoms with Crippen LogP contribution < -0.4 is 10.2 Å². The van der Waals surface area contributed by atoms with Crippen molar-refractivity contribution in [3.05, 3.63) is 6.20 Å². The van der Waals surface area contributed by atoms with Crippen LogP contribution in [-0.2, 0) is 4.74 Å². The molecule has 0 unspecified atom stereocenters. The first-order valence-corrected chi connectivity index (χ1v) is 7.39. The van der Waals surface area contributed by atoms with Gasteiger partial charge < -0.3 is 15.0 Å². The number of H-pyrrole nitrogens is 1. The number of nitrogens with zero attached hydrogens (tertiary/aromatic N) is 4. The van der Waals surface area contributed by atoms with Gasteiger partial charge in [0, 0.05) is 26.7 Å². The van der Waals surface area contributed by atoms with E-state index in [9.17, 15) is 0 Å². The zero-order valence-corrected chi connectivity index (χ0v) is 13.2. The van der Waals surface area contributed by atoms with Gasteiger partial charge in [-0.2, -0.15) is 15.1 Å². The minimum absolute atomic E-state index is 0.415. The zero-order valence-electron chi connectivity index (χ0n) is 13.2. The van der Waals surface area contributed by atoms with Crippen LogP contribution in [-0.4, -0.2) is 53.5 Å². The second-order valence-corrected chi connectivity index (χ2v) is 4.91. The van der Waals surface area contributed by atoms with Gasteiger partial charge in [0.15, 0.2) is 5.65 Å². The highest BCUT2D eigenvalue weighted by Crippen LogP contribution is 2.27. The van der Waals surface area contributed by atoms with Gasteiger partial charge in [-0.15, -0.1) is 0 Å². The van der Waals surface area contributed by atoms with Crippen LogP contribution >= 0.6 is 0 Å². The summed E-state index contributed by atoms with van der Waals surface area (Å²) < 4.78 is 5.26. The Morgan fingerprint density at radius 2 is 2.10 bits per heavy atom. The summed E-state index contributed by atoms with van der Waals surface area (Å²) in [5.41, 5.74) is 0.748. The minimum atomic E-state index is 0.415. The standard InChI is InChI=1S/C14H24N6O/c1-5-10(6-2)20(7-8-21-4)13-11-9-16-19-12(11)17-14(15-3)18-13/h9-10H,5-8H2,1-4H3,(H2,15,16,17,18,19). The molecule has 7 heteroatoms. The van der Waals surface area contributed by atoms with Gasteiger partial charge in [-0.25, -0.2) is 0 Å². The Morgan fingerprint density at radius 3 is 2.71 bits per heavy atom. The molecule has 0 bridgehead atoms. The topological polar surface area (TPSA) is 79.0 Å². The Morgan fingerprint density at radius 1 is 1.33 bits per heavy atom. The lowest BCUT2D eigenvalue weighted by atomic mass is 10.1. The van der Waals surface area contributed by atoms with Crippen molar-refractivity contribution in [2.75, 3.05) is 37.5 Å². The first-order chi connectivity index (χ1) is 10.2. The van der Waals surface area contributed by atoms with Crippen LogP contribution in [0.2, 0.25) is 0 Å². The van der Waals surface area contributed by atoms with Crippen LogP contribution in [0.1, 0.15) is 26.7 Å². The molecule has 0 aliphatic rings. The Hall–Kier alpha value is -1.89. The van der Waals surface area contributed by atoms with E-state index in [4.69, 9.17) is 4.74 Å². The van der Waals surface area contributed by atoms with Crippen LogP contribution in [0.4, 0.5) is 11.8 Å². The summed E-state index contributed by atoms with van der Waals surface area (Å²) in [7, 11) is 3.54. The first kappa shape index (κ1) is 15.5. The van der Waals surface area contributed by atoms with E-state index < -0.39 is 0 Å². The maximum atomic E-state index is 5.26. The van der Waals surface area contributed by atoms with Gasteiger partial charge in [-0.3, -0.25) is 5.10 Å². The SMILES string of the molecule is CCC(CC)N(CCOC)c1nc(NC)nc2[nH]ncc12. The molecule has 21 heavy (non-hydrogen) atoms. The van der Waals surface area contributed by atoms with Crippen molar-refractivity contribution in [2.45, 2.75) is 32.7 Å². The average molecular weight is 292 g/mol. The van der Waals surface area contributed by atoms with Crippen molar-refractivity contribution in [2.24, 2.45) is 0 Å². The number of ether oxygens (including phenoxy) is 1. The molecule has 116 valence electrons. The summed E-state index contributed by atoms with van der Waals surface area (Å²) in [5.74, 6) is 1.50. The van der Waals surface area contributed by atoms with E-state index in [0.29, 0.717) is 18.6 Å². The number of hydrogen-bond acceptors (Lipinski definition) is 6. The van der Waals surface area contributed by atoms with Crippen molar-refractivity contribution in [1.29, 1.82) is 0 Å². The molecule has 0 aromatic carbocycles. The van der Waals surface area contributed by atoms with Crippen molar-refractivity contribution in [1.82, 2.24) is 20.2 Å². The zero-order chi connectivity index (χ0) is 15.2. The quantitative estimate of drug-likeness (QED) is 0.775. The number of aromatic amines is 1. The molecule has 2 heterocycles. The van der Waals surface area contributed by atoms with Gasteiger partial charge in [0.05, 0.1) is 18.2 Å². The van der Waals surface area contributed by atoms with E-state index >= 15 is 0 Å². The molecule has 0 saturated heterocycles. The third-order valence-corrected chi connectivity index (χ3v) is 3.70. The highest BCUT2D eigenvalue weighted by molar-refractivity contribution is 5.87. The second-order valence-electron chi connectivity index (χ2n) is 4.91. The molecule has 0 amide bonds. The van der Waals surface area contributed by atoms with Gasteiger partial charge in [-0.1, -0.05) is 13.8 Å². The van der Waals surface area contributed by atoms with E-state index in [2.05, 4.69) is 44.2 Å². The summed E-state index contributed by atoms with van der Waals surface area (Å²) in [6.45, 7) is 5.85. The molecule has 2 N–H and O–H groups in total. The summed E-state index contributed by atoms with van der Waals surface area (Å²) in [4.78, 5) is 11.3. The molecule has 2 aromatic rings. The van der Waals surface area contributed by atoms with E-state index in [1.165, 1.54) is 0 Å². The number of nitrogens with one attached hydrogen (secondary N) is 2. The number of aromatic nitrogens is 4. The number of fused-ring (bicyclic) bond motifs is 1. The van der Waals surface area contributed by atoms with Gasteiger partial charge in [0.25, 0.3) is 0 Å². The lowest BCUT2D eigenvalue weighted by Gasteiger charge is -2.31. The normalized spacial score (nSPS) is 11.3. The van der Waals surface area contributed by atoms with Gasteiger partial charge in [0.1, 0.15) is 5.82 Å². The highest BCUT2D eigenvalue weighted by atomic mass is 16.5.